The fourth-order valence-corrected chi connectivity index (χ4v) is 2.31. The van der Waals surface area contributed by atoms with Gasteiger partial charge in [0.2, 0.25) is 0 Å². The summed E-state index contributed by atoms with van der Waals surface area (Å²) >= 11 is 5.68. The van der Waals surface area contributed by atoms with E-state index >= 15 is 0 Å². The molecule has 3 rings (SSSR count). The number of aromatic nitrogens is 4. The van der Waals surface area contributed by atoms with Crippen LogP contribution in [0.25, 0.3) is 16.8 Å². The summed E-state index contributed by atoms with van der Waals surface area (Å²) in [6.07, 6.45) is -3.19. The molecule has 0 bridgehead atoms. The monoisotopic (exact) mass is 376 g/mol. The highest BCUT2D eigenvalue weighted by Crippen LogP contribution is 2.35. The Morgan fingerprint density at radius 1 is 1.12 bits per heavy atom. The van der Waals surface area contributed by atoms with Gasteiger partial charge in [-0.05, 0) is 18.2 Å². The van der Waals surface area contributed by atoms with Crippen molar-refractivity contribution < 1.29 is 22.0 Å². The van der Waals surface area contributed by atoms with Crippen LogP contribution in [0.2, 0.25) is 5.02 Å². The van der Waals surface area contributed by atoms with Crippen LogP contribution < -0.4 is 5.56 Å². The standard InChI is InChI=1S/C14H6ClF5N4O/c15-7-1-2-8(24-5-9(22-23-24)14(18,19)20)10(12(7)17)6-3-4-21-13(25)11(6)16/h1-5H,(H,21,25). The van der Waals surface area contributed by atoms with Gasteiger partial charge in [0.05, 0.1) is 16.9 Å². The summed E-state index contributed by atoms with van der Waals surface area (Å²) in [5, 5.41) is 5.84. The van der Waals surface area contributed by atoms with Crippen molar-refractivity contribution in [2.45, 2.75) is 6.18 Å². The summed E-state index contributed by atoms with van der Waals surface area (Å²) in [6.45, 7) is 0. The molecule has 2 heterocycles. The number of nitrogens with zero attached hydrogens (tertiary/aromatic N) is 3. The molecule has 0 unspecified atom stereocenters. The molecule has 0 radical (unpaired) electrons. The number of hydrogen-bond donors (Lipinski definition) is 1. The average molecular weight is 377 g/mol. The number of halogens is 6. The minimum Gasteiger partial charge on any atom is -0.327 e. The molecule has 1 aromatic carbocycles. The van der Waals surface area contributed by atoms with E-state index in [0.29, 0.717) is 10.9 Å². The van der Waals surface area contributed by atoms with Crippen molar-refractivity contribution in [3.05, 3.63) is 63.3 Å². The van der Waals surface area contributed by atoms with Crippen molar-refractivity contribution >= 4 is 11.6 Å². The number of hydrogen-bond acceptors (Lipinski definition) is 3. The van der Waals surface area contributed by atoms with Gasteiger partial charge in [0, 0.05) is 17.3 Å². The van der Waals surface area contributed by atoms with Gasteiger partial charge >= 0.3 is 6.18 Å². The smallest absolute Gasteiger partial charge is 0.327 e. The van der Waals surface area contributed by atoms with E-state index < -0.39 is 45.2 Å². The Morgan fingerprint density at radius 3 is 2.48 bits per heavy atom. The molecular weight excluding hydrogens is 371 g/mol. The highest BCUT2D eigenvalue weighted by atomic mass is 35.5. The molecule has 0 fully saturated rings. The van der Waals surface area contributed by atoms with Gasteiger partial charge in [-0.2, -0.15) is 13.2 Å². The summed E-state index contributed by atoms with van der Waals surface area (Å²) in [5.74, 6) is -2.44. The molecule has 0 aliphatic rings. The first-order valence-corrected chi connectivity index (χ1v) is 6.93. The summed E-state index contributed by atoms with van der Waals surface area (Å²) < 4.78 is 67.3. The molecule has 3 aromatic rings. The number of H-pyrrole nitrogens is 1. The molecule has 5 nitrogen and oxygen atoms in total. The first-order valence-electron chi connectivity index (χ1n) is 6.55. The molecule has 2 aromatic heterocycles. The summed E-state index contributed by atoms with van der Waals surface area (Å²) in [5.41, 5.74) is -3.72. The zero-order chi connectivity index (χ0) is 18.4. The molecule has 0 saturated carbocycles. The van der Waals surface area contributed by atoms with Crippen LogP contribution in [0.15, 0.2) is 35.4 Å². The Labute approximate surface area is 140 Å². The van der Waals surface area contributed by atoms with Crippen LogP contribution in [-0.4, -0.2) is 20.0 Å². The predicted octanol–water partition coefficient (Wildman–Crippen LogP) is 3.57. The van der Waals surface area contributed by atoms with Crippen LogP contribution >= 0.6 is 11.6 Å². The first-order chi connectivity index (χ1) is 11.7. The Kier molecular flexibility index (Phi) is 4.07. The van der Waals surface area contributed by atoms with Crippen LogP contribution in [0.4, 0.5) is 22.0 Å². The third kappa shape index (κ3) is 3.00. The first kappa shape index (κ1) is 17.1. The number of alkyl halides is 3. The predicted molar refractivity (Wildman–Crippen MR) is 77.3 cm³/mol. The number of nitrogens with one attached hydrogen (secondary N) is 1. The summed E-state index contributed by atoms with van der Waals surface area (Å²) in [6, 6.07) is 3.25. The van der Waals surface area contributed by atoms with Crippen molar-refractivity contribution in [2.75, 3.05) is 0 Å². The molecule has 130 valence electrons. The van der Waals surface area contributed by atoms with Crippen LogP contribution in [0, 0.1) is 11.6 Å². The van der Waals surface area contributed by atoms with E-state index in [1.807, 2.05) is 0 Å². The second-order valence-corrected chi connectivity index (χ2v) is 5.24. The number of rotatable bonds is 2. The Hall–Kier alpha value is -2.75. The maximum atomic E-state index is 14.5. The van der Waals surface area contributed by atoms with Crippen molar-refractivity contribution in [1.82, 2.24) is 20.0 Å². The van der Waals surface area contributed by atoms with Crippen molar-refractivity contribution in [1.29, 1.82) is 0 Å². The van der Waals surface area contributed by atoms with E-state index in [1.165, 1.54) is 0 Å². The normalized spacial score (nSPS) is 11.8. The van der Waals surface area contributed by atoms with Crippen molar-refractivity contribution in [3.8, 4) is 16.8 Å². The van der Waals surface area contributed by atoms with Crippen LogP contribution in [-0.2, 0) is 6.18 Å². The number of benzene rings is 1. The second kappa shape index (κ2) is 5.96. The third-order valence-corrected chi connectivity index (χ3v) is 3.56. The van der Waals surface area contributed by atoms with Gasteiger partial charge in [0.1, 0.15) is 0 Å². The molecule has 0 spiro atoms. The second-order valence-electron chi connectivity index (χ2n) is 4.84. The lowest BCUT2D eigenvalue weighted by molar-refractivity contribution is -0.141. The van der Waals surface area contributed by atoms with Crippen LogP contribution in [0.1, 0.15) is 5.69 Å². The lowest BCUT2D eigenvalue weighted by atomic mass is 10.0. The van der Waals surface area contributed by atoms with Crippen LogP contribution in [0.5, 0.6) is 0 Å². The Bertz CT molecular complexity index is 1010. The molecule has 0 aliphatic heterocycles. The Balaban J connectivity index is 2.29. The molecule has 0 saturated heterocycles. The number of aromatic amines is 1. The molecule has 0 amide bonds. The minimum atomic E-state index is -4.77. The van der Waals surface area contributed by atoms with Gasteiger partial charge in [-0.25, -0.2) is 13.5 Å². The van der Waals surface area contributed by atoms with Gasteiger partial charge in [-0.3, -0.25) is 4.79 Å². The number of pyridine rings is 1. The third-order valence-electron chi connectivity index (χ3n) is 3.27. The highest BCUT2D eigenvalue weighted by molar-refractivity contribution is 6.31. The summed E-state index contributed by atoms with van der Waals surface area (Å²) in [7, 11) is 0. The quantitative estimate of drug-likeness (QED) is 0.695. The zero-order valence-electron chi connectivity index (χ0n) is 11.9. The van der Waals surface area contributed by atoms with E-state index in [1.54, 1.807) is 0 Å². The van der Waals surface area contributed by atoms with Crippen molar-refractivity contribution in [3.63, 3.8) is 0 Å². The molecule has 1 N–H and O–H groups in total. The van der Waals surface area contributed by atoms with E-state index in [0.717, 1.165) is 24.4 Å². The molecule has 25 heavy (non-hydrogen) atoms. The largest absolute Gasteiger partial charge is 0.436 e. The van der Waals surface area contributed by atoms with E-state index in [2.05, 4.69) is 15.3 Å². The molecule has 0 aliphatic carbocycles. The van der Waals surface area contributed by atoms with Gasteiger partial charge in [-0.15, -0.1) is 5.10 Å². The average Bonchev–Trinajstić information content (AvgIpc) is 3.03. The van der Waals surface area contributed by atoms with E-state index in [4.69, 9.17) is 11.6 Å². The highest BCUT2D eigenvalue weighted by Gasteiger charge is 2.35. The lowest BCUT2D eigenvalue weighted by Crippen LogP contribution is -2.12. The summed E-state index contributed by atoms with van der Waals surface area (Å²) in [4.78, 5) is 13.5. The SMILES string of the molecule is O=c1[nH]ccc(-c2c(-n3cc(C(F)(F)F)nn3)ccc(Cl)c2F)c1F. The fourth-order valence-electron chi connectivity index (χ4n) is 2.15. The molecular formula is C14H6ClF5N4O. The lowest BCUT2D eigenvalue weighted by Gasteiger charge is -2.12. The van der Waals surface area contributed by atoms with Gasteiger partial charge < -0.3 is 4.98 Å². The van der Waals surface area contributed by atoms with Gasteiger partial charge in [0.15, 0.2) is 17.3 Å². The Morgan fingerprint density at radius 2 is 1.84 bits per heavy atom. The zero-order valence-corrected chi connectivity index (χ0v) is 12.7. The van der Waals surface area contributed by atoms with E-state index in [9.17, 15) is 26.7 Å². The minimum absolute atomic E-state index is 0.269. The van der Waals surface area contributed by atoms with Crippen LogP contribution in [0.3, 0.4) is 0 Å². The van der Waals surface area contributed by atoms with Gasteiger partial charge in [-0.1, -0.05) is 16.8 Å². The van der Waals surface area contributed by atoms with Gasteiger partial charge in [0.25, 0.3) is 5.56 Å². The fraction of sp³-hybridized carbons (Fsp3) is 0.0714. The van der Waals surface area contributed by atoms with E-state index in [-0.39, 0.29) is 5.69 Å². The maximum absolute atomic E-state index is 14.5. The molecule has 11 heteroatoms. The maximum Gasteiger partial charge on any atom is 0.436 e. The molecule has 0 atom stereocenters. The van der Waals surface area contributed by atoms with Crippen molar-refractivity contribution in [2.24, 2.45) is 0 Å². The topological polar surface area (TPSA) is 63.6 Å².